The Morgan fingerprint density at radius 2 is 1.57 bits per heavy atom. The number of hydrogen-bond donors (Lipinski definition) is 1. The third-order valence-electron chi connectivity index (χ3n) is 2.97. The Labute approximate surface area is 122 Å². The number of hydrogen-bond acceptors (Lipinski definition) is 3. The van der Waals surface area contributed by atoms with Crippen LogP contribution in [0.3, 0.4) is 0 Å². The Bertz CT molecular complexity index is 677. The molecule has 4 heteroatoms. The summed E-state index contributed by atoms with van der Waals surface area (Å²) in [5.74, 6) is -0.716. The summed E-state index contributed by atoms with van der Waals surface area (Å²) in [5.41, 5.74) is 1.53. The number of Topliss-reactive ketones (excluding diaryl/α,β-unsaturated/α-hetero) is 2. The molecule has 0 atom stereocenters. The molecule has 0 unspecified atom stereocenters. The first-order chi connectivity index (χ1) is 10.1. The maximum absolute atomic E-state index is 11.9. The van der Waals surface area contributed by atoms with E-state index in [1.807, 2.05) is 6.07 Å². The highest BCUT2D eigenvalue weighted by molar-refractivity contribution is 6.11. The van der Waals surface area contributed by atoms with E-state index >= 15 is 0 Å². The molecule has 106 valence electrons. The molecule has 0 aliphatic carbocycles. The minimum atomic E-state index is -0.399. The summed E-state index contributed by atoms with van der Waals surface area (Å²) in [7, 11) is 0. The second-order valence-corrected chi connectivity index (χ2v) is 4.65. The van der Waals surface area contributed by atoms with E-state index in [-0.39, 0.29) is 18.0 Å². The molecule has 2 aromatic carbocycles. The molecule has 1 N–H and O–H groups in total. The van der Waals surface area contributed by atoms with Crippen LogP contribution < -0.4 is 5.32 Å². The molecule has 2 aromatic rings. The Balaban J connectivity index is 2.00. The zero-order valence-electron chi connectivity index (χ0n) is 11.6. The van der Waals surface area contributed by atoms with Gasteiger partial charge in [0, 0.05) is 16.8 Å². The van der Waals surface area contributed by atoms with E-state index in [9.17, 15) is 14.4 Å². The van der Waals surface area contributed by atoms with Crippen molar-refractivity contribution in [1.82, 2.24) is 0 Å². The van der Waals surface area contributed by atoms with Crippen LogP contribution in [-0.4, -0.2) is 17.5 Å². The van der Waals surface area contributed by atoms with Gasteiger partial charge in [-0.25, -0.2) is 0 Å². The zero-order valence-corrected chi connectivity index (χ0v) is 11.6. The lowest BCUT2D eigenvalue weighted by Crippen LogP contribution is -2.16. The van der Waals surface area contributed by atoms with Crippen LogP contribution >= 0.6 is 0 Å². The van der Waals surface area contributed by atoms with Gasteiger partial charge in [-0.1, -0.05) is 42.5 Å². The van der Waals surface area contributed by atoms with Crippen LogP contribution in [-0.2, 0) is 4.79 Å². The lowest BCUT2D eigenvalue weighted by atomic mass is 10.1. The van der Waals surface area contributed by atoms with Gasteiger partial charge in [-0.05, 0) is 19.1 Å². The van der Waals surface area contributed by atoms with Crippen molar-refractivity contribution in [2.75, 3.05) is 5.32 Å². The molecule has 4 nitrogen and oxygen atoms in total. The van der Waals surface area contributed by atoms with Crippen molar-refractivity contribution in [2.24, 2.45) is 0 Å². The van der Waals surface area contributed by atoms with E-state index in [1.54, 1.807) is 48.5 Å². The monoisotopic (exact) mass is 281 g/mol. The fraction of sp³-hybridized carbons (Fsp3) is 0.118. The maximum atomic E-state index is 11.9. The highest BCUT2D eigenvalue weighted by atomic mass is 16.2. The molecule has 0 spiro atoms. The number of carbonyl (C=O) groups is 3. The van der Waals surface area contributed by atoms with Crippen molar-refractivity contribution < 1.29 is 14.4 Å². The Morgan fingerprint density at radius 3 is 2.24 bits per heavy atom. The molecule has 0 saturated carbocycles. The molecule has 0 aliphatic heterocycles. The van der Waals surface area contributed by atoms with E-state index in [0.717, 1.165) is 0 Å². The van der Waals surface area contributed by atoms with E-state index in [0.29, 0.717) is 16.8 Å². The summed E-state index contributed by atoms with van der Waals surface area (Å²) in [6.07, 6.45) is -0.228. The van der Waals surface area contributed by atoms with Crippen LogP contribution in [0.15, 0.2) is 54.6 Å². The molecule has 0 aliphatic rings. The number of carbonyl (C=O) groups excluding carboxylic acids is 3. The number of ketones is 2. The SMILES string of the molecule is CC(=O)c1cccc(NC(=O)CC(=O)c2ccccc2)c1. The molecule has 2 rings (SSSR count). The average molecular weight is 281 g/mol. The van der Waals surface area contributed by atoms with Gasteiger partial charge >= 0.3 is 0 Å². The van der Waals surface area contributed by atoms with Crippen LogP contribution in [0.2, 0.25) is 0 Å². The van der Waals surface area contributed by atoms with E-state index < -0.39 is 5.91 Å². The predicted octanol–water partition coefficient (Wildman–Crippen LogP) is 3.10. The topological polar surface area (TPSA) is 63.2 Å². The van der Waals surface area contributed by atoms with Crippen molar-refractivity contribution >= 4 is 23.2 Å². The number of amides is 1. The summed E-state index contributed by atoms with van der Waals surface area (Å²) < 4.78 is 0. The first-order valence-corrected chi connectivity index (χ1v) is 6.55. The van der Waals surface area contributed by atoms with Gasteiger partial charge < -0.3 is 5.32 Å². The van der Waals surface area contributed by atoms with Crippen molar-refractivity contribution in [2.45, 2.75) is 13.3 Å². The standard InChI is InChI=1S/C17H15NO3/c1-12(19)14-8-5-9-15(10-14)18-17(21)11-16(20)13-6-3-2-4-7-13/h2-10H,11H2,1H3,(H,18,21). The lowest BCUT2D eigenvalue weighted by Gasteiger charge is -2.06. The third kappa shape index (κ3) is 4.11. The number of nitrogens with one attached hydrogen (secondary N) is 1. The van der Waals surface area contributed by atoms with Gasteiger partial charge in [0.15, 0.2) is 11.6 Å². The van der Waals surface area contributed by atoms with E-state index in [1.165, 1.54) is 6.92 Å². The van der Waals surface area contributed by atoms with Gasteiger partial charge in [0.25, 0.3) is 0 Å². The summed E-state index contributed by atoms with van der Waals surface area (Å²) in [5, 5.41) is 2.63. The van der Waals surface area contributed by atoms with Gasteiger partial charge in [0.2, 0.25) is 5.91 Å². The third-order valence-corrected chi connectivity index (χ3v) is 2.97. The van der Waals surface area contributed by atoms with Crippen LogP contribution in [0.4, 0.5) is 5.69 Å². The first kappa shape index (κ1) is 14.7. The lowest BCUT2D eigenvalue weighted by molar-refractivity contribution is -0.115. The largest absolute Gasteiger partial charge is 0.326 e. The Kier molecular flexibility index (Phi) is 4.61. The number of benzene rings is 2. The van der Waals surface area contributed by atoms with Crippen LogP contribution in [0.25, 0.3) is 0 Å². The number of rotatable bonds is 5. The van der Waals surface area contributed by atoms with Gasteiger partial charge in [-0.2, -0.15) is 0 Å². The molecule has 0 saturated heterocycles. The first-order valence-electron chi connectivity index (χ1n) is 6.55. The average Bonchev–Trinajstić information content (AvgIpc) is 2.48. The highest BCUT2D eigenvalue weighted by Gasteiger charge is 2.12. The van der Waals surface area contributed by atoms with Crippen molar-refractivity contribution in [1.29, 1.82) is 0 Å². The minimum Gasteiger partial charge on any atom is -0.326 e. The van der Waals surface area contributed by atoms with Gasteiger partial charge in [-0.15, -0.1) is 0 Å². The zero-order chi connectivity index (χ0) is 15.2. The molecule has 0 bridgehead atoms. The molecule has 0 radical (unpaired) electrons. The maximum Gasteiger partial charge on any atom is 0.232 e. The molecule has 0 aromatic heterocycles. The summed E-state index contributed by atoms with van der Waals surface area (Å²) in [4.78, 5) is 35.0. The Morgan fingerprint density at radius 1 is 0.905 bits per heavy atom. The van der Waals surface area contributed by atoms with Crippen LogP contribution in [0.1, 0.15) is 34.1 Å². The second-order valence-electron chi connectivity index (χ2n) is 4.65. The fourth-order valence-corrected chi connectivity index (χ4v) is 1.89. The van der Waals surface area contributed by atoms with Gasteiger partial charge in [0.1, 0.15) is 0 Å². The molecule has 0 fully saturated rings. The normalized spacial score (nSPS) is 9.95. The minimum absolute atomic E-state index is 0.0774. The molecular formula is C17H15NO3. The highest BCUT2D eigenvalue weighted by Crippen LogP contribution is 2.12. The molecule has 1 amide bonds. The van der Waals surface area contributed by atoms with E-state index in [4.69, 9.17) is 0 Å². The molecular weight excluding hydrogens is 266 g/mol. The van der Waals surface area contributed by atoms with Crippen molar-refractivity contribution in [3.05, 3.63) is 65.7 Å². The summed E-state index contributed by atoms with van der Waals surface area (Å²) in [6, 6.07) is 15.3. The van der Waals surface area contributed by atoms with Crippen LogP contribution in [0.5, 0.6) is 0 Å². The fourth-order valence-electron chi connectivity index (χ4n) is 1.89. The molecule has 0 heterocycles. The number of anilines is 1. The quantitative estimate of drug-likeness (QED) is 0.676. The molecule has 21 heavy (non-hydrogen) atoms. The second kappa shape index (κ2) is 6.61. The van der Waals surface area contributed by atoms with E-state index in [2.05, 4.69) is 5.32 Å². The Hall–Kier alpha value is -2.75. The van der Waals surface area contributed by atoms with Gasteiger partial charge in [-0.3, -0.25) is 14.4 Å². The summed E-state index contributed by atoms with van der Waals surface area (Å²) >= 11 is 0. The predicted molar refractivity (Wildman–Crippen MR) is 80.5 cm³/mol. The van der Waals surface area contributed by atoms with Gasteiger partial charge in [0.05, 0.1) is 6.42 Å². The van der Waals surface area contributed by atoms with Crippen LogP contribution in [0, 0.1) is 0 Å². The van der Waals surface area contributed by atoms with Crippen molar-refractivity contribution in [3.63, 3.8) is 0 Å². The van der Waals surface area contributed by atoms with Crippen molar-refractivity contribution in [3.8, 4) is 0 Å². The smallest absolute Gasteiger partial charge is 0.232 e. The summed E-state index contributed by atoms with van der Waals surface area (Å²) in [6.45, 7) is 1.46.